The Labute approximate surface area is 103 Å². The number of carboxylic acids is 1. The Bertz CT molecular complexity index is 413. The molecule has 17 heavy (non-hydrogen) atoms. The molecular formula is C12H16F2O2S. The summed E-state index contributed by atoms with van der Waals surface area (Å²) in [7, 11) is 0. The summed E-state index contributed by atoms with van der Waals surface area (Å²) in [6.45, 7) is 5.00. The van der Waals surface area contributed by atoms with Gasteiger partial charge in [-0.2, -0.15) is 0 Å². The van der Waals surface area contributed by atoms with Crippen molar-refractivity contribution in [1.82, 2.24) is 0 Å². The van der Waals surface area contributed by atoms with Crippen molar-refractivity contribution >= 4 is 17.3 Å². The standard InChI is InChI=1S/C12H16F2O2S/c1-7(4-11(15)16)6-12(13,14)10-5-8(2)17-9(10)3/h5,7H,4,6H2,1-3H3,(H,15,16). The fraction of sp³-hybridized carbons (Fsp3) is 0.583. The van der Waals surface area contributed by atoms with E-state index in [1.54, 1.807) is 13.8 Å². The Hall–Kier alpha value is -0.970. The molecule has 0 aliphatic rings. The van der Waals surface area contributed by atoms with Crippen LogP contribution in [-0.4, -0.2) is 11.1 Å². The maximum atomic E-state index is 13.9. The maximum absolute atomic E-state index is 13.9. The molecule has 0 saturated carbocycles. The molecule has 0 bridgehead atoms. The number of halogens is 2. The van der Waals surface area contributed by atoms with Crippen LogP contribution >= 0.6 is 11.3 Å². The molecular weight excluding hydrogens is 246 g/mol. The van der Waals surface area contributed by atoms with Crippen LogP contribution in [-0.2, 0) is 10.7 Å². The van der Waals surface area contributed by atoms with Crippen LogP contribution < -0.4 is 0 Å². The van der Waals surface area contributed by atoms with Gasteiger partial charge in [-0.25, -0.2) is 8.78 Å². The summed E-state index contributed by atoms with van der Waals surface area (Å²) in [5.74, 6) is -4.52. The number of thiophene rings is 1. The van der Waals surface area contributed by atoms with E-state index in [9.17, 15) is 13.6 Å². The molecule has 5 heteroatoms. The quantitative estimate of drug-likeness (QED) is 0.872. The van der Waals surface area contributed by atoms with Crippen LogP contribution in [0.3, 0.4) is 0 Å². The van der Waals surface area contributed by atoms with Gasteiger partial charge in [-0.05, 0) is 25.8 Å². The number of aryl methyl sites for hydroxylation is 2. The minimum atomic E-state index is -2.94. The second kappa shape index (κ2) is 5.12. The van der Waals surface area contributed by atoms with Crippen molar-refractivity contribution in [3.05, 3.63) is 21.4 Å². The van der Waals surface area contributed by atoms with Gasteiger partial charge in [0.15, 0.2) is 0 Å². The van der Waals surface area contributed by atoms with E-state index in [-0.39, 0.29) is 12.0 Å². The number of rotatable bonds is 5. The Morgan fingerprint density at radius 2 is 2.12 bits per heavy atom. The van der Waals surface area contributed by atoms with Crippen LogP contribution in [0.2, 0.25) is 0 Å². The largest absolute Gasteiger partial charge is 0.481 e. The lowest BCUT2D eigenvalue weighted by molar-refractivity contribution is -0.138. The van der Waals surface area contributed by atoms with E-state index in [1.165, 1.54) is 24.3 Å². The Balaban J connectivity index is 2.81. The van der Waals surface area contributed by atoms with Gasteiger partial charge in [0.2, 0.25) is 0 Å². The smallest absolute Gasteiger partial charge is 0.303 e. The van der Waals surface area contributed by atoms with Gasteiger partial charge < -0.3 is 5.11 Å². The predicted molar refractivity (Wildman–Crippen MR) is 63.7 cm³/mol. The molecule has 1 aromatic rings. The normalized spacial score (nSPS) is 13.7. The first-order valence-electron chi connectivity index (χ1n) is 5.39. The molecule has 96 valence electrons. The summed E-state index contributed by atoms with van der Waals surface area (Å²) in [5, 5.41) is 8.57. The van der Waals surface area contributed by atoms with Crippen molar-refractivity contribution in [1.29, 1.82) is 0 Å². The molecule has 1 unspecified atom stereocenters. The maximum Gasteiger partial charge on any atom is 0.303 e. The summed E-state index contributed by atoms with van der Waals surface area (Å²) in [6.07, 6.45) is -0.645. The fourth-order valence-electron chi connectivity index (χ4n) is 1.91. The summed E-state index contributed by atoms with van der Waals surface area (Å²) in [6, 6.07) is 1.49. The van der Waals surface area contributed by atoms with E-state index >= 15 is 0 Å². The number of carboxylic acid groups (broad SMARTS) is 1. The topological polar surface area (TPSA) is 37.3 Å². The van der Waals surface area contributed by atoms with Crippen molar-refractivity contribution in [2.24, 2.45) is 5.92 Å². The first-order chi connectivity index (χ1) is 7.72. The summed E-state index contributed by atoms with van der Waals surface area (Å²) in [5.41, 5.74) is 0.0391. The lowest BCUT2D eigenvalue weighted by Gasteiger charge is -2.19. The molecule has 1 rings (SSSR count). The van der Waals surface area contributed by atoms with Crippen LogP contribution in [0.4, 0.5) is 8.78 Å². The molecule has 1 heterocycles. The van der Waals surface area contributed by atoms with Gasteiger partial charge in [0, 0.05) is 28.2 Å². The van der Waals surface area contributed by atoms with Crippen LogP contribution in [0.25, 0.3) is 0 Å². The Morgan fingerprint density at radius 3 is 2.53 bits per heavy atom. The van der Waals surface area contributed by atoms with Crippen LogP contribution in [0.5, 0.6) is 0 Å². The van der Waals surface area contributed by atoms with E-state index in [2.05, 4.69) is 0 Å². The van der Waals surface area contributed by atoms with Gasteiger partial charge in [0.25, 0.3) is 5.92 Å². The van der Waals surface area contributed by atoms with Crippen LogP contribution in [0, 0.1) is 19.8 Å². The molecule has 2 nitrogen and oxygen atoms in total. The second-order valence-corrected chi connectivity index (χ2v) is 5.90. The Morgan fingerprint density at radius 1 is 1.53 bits per heavy atom. The Kier molecular flexibility index (Phi) is 4.25. The number of aliphatic carboxylic acids is 1. The molecule has 0 aliphatic carbocycles. The molecule has 0 amide bonds. The highest BCUT2D eigenvalue weighted by Gasteiger charge is 2.36. The zero-order valence-electron chi connectivity index (χ0n) is 10.1. The first-order valence-corrected chi connectivity index (χ1v) is 6.21. The van der Waals surface area contributed by atoms with E-state index in [0.717, 1.165) is 4.88 Å². The predicted octanol–water partition coefficient (Wildman–Crippen LogP) is 3.96. The summed E-state index contributed by atoms with van der Waals surface area (Å²) >= 11 is 1.34. The van der Waals surface area contributed by atoms with Crippen LogP contribution in [0.1, 0.15) is 35.1 Å². The van der Waals surface area contributed by atoms with Gasteiger partial charge in [0.1, 0.15) is 0 Å². The van der Waals surface area contributed by atoms with Gasteiger partial charge >= 0.3 is 5.97 Å². The SMILES string of the molecule is Cc1cc(C(F)(F)CC(C)CC(=O)O)c(C)s1. The van der Waals surface area contributed by atoms with E-state index in [4.69, 9.17) is 5.11 Å². The van der Waals surface area contributed by atoms with Crippen molar-refractivity contribution in [2.75, 3.05) is 0 Å². The lowest BCUT2D eigenvalue weighted by Crippen LogP contribution is -2.19. The number of hydrogen-bond donors (Lipinski definition) is 1. The third kappa shape index (κ3) is 3.77. The third-order valence-corrected chi connectivity index (χ3v) is 3.53. The highest BCUT2D eigenvalue weighted by atomic mass is 32.1. The number of carbonyl (C=O) groups is 1. The molecule has 0 aromatic carbocycles. The summed E-state index contributed by atoms with van der Waals surface area (Å²) < 4.78 is 27.9. The molecule has 1 atom stereocenters. The molecule has 0 aliphatic heterocycles. The average molecular weight is 262 g/mol. The molecule has 0 fully saturated rings. The minimum absolute atomic E-state index is 0.0391. The van der Waals surface area contributed by atoms with Crippen molar-refractivity contribution in [3.63, 3.8) is 0 Å². The zero-order chi connectivity index (χ0) is 13.2. The second-order valence-electron chi connectivity index (χ2n) is 4.44. The molecule has 1 N–H and O–H groups in total. The minimum Gasteiger partial charge on any atom is -0.481 e. The fourth-order valence-corrected chi connectivity index (χ4v) is 2.89. The van der Waals surface area contributed by atoms with Gasteiger partial charge in [-0.1, -0.05) is 6.92 Å². The van der Waals surface area contributed by atoms with E-state index < -0.39 is 24.2 Å². The monoisotopic (exact) mass is 262 g/mol. The average Bonchev–Trinajstić information content (AvgIpc) is 2.42. The van der Waals surface area contributed by atoms with Crippen molar-refractivity contribution < 1.29 is 18.7 Å². The first kappa shape index (κ1) is 14.1. The van der Waals surface area contributed by atoms with Gasteiger partial charge in [-0.15, -0.1) is 11.3 Å². The molecule has 0 saturated heterocycles. The summed E-state index contributed by atoms with van der Waals surface area (Å²) in [4.78, 5) is 11.9. The third-order valence-electron chi connectivity index (χ3n) is 2.56. The highest BCUT2D eigenvalue weighted by molar-refractivity contribution is 7.12. The van der Waals surface area contributed by atoms with Crippen molar-refractivity contribution in [3.8, 4) is 0 Å². The zero-order valence-corrected chi connectivity index (χ0v) is 10.9. The molecule has 0 spiro atoms. The van der Waals surface area contributed by atoms with Crippen LogP contribution in [0.15, 0.2) is 6.07 Å². The molecule has 1 aromatic heterocycles. The van der Waals surface area contributed by atoms with E-state index in [1.807, 2.05) is 0 Å². The lowest BCUT2D eigenvalue weighted by atomic mass is 9.95. The van der Waals surface area contributed by atoms with Gasteiger partial charge in [-0.3, -0.25) is 4.79 Å². The van der Waals surface area contributed by atoms with E-state index in [0.29, 0.717) is 4.88 Å². The number of hydrogen-bond acceptors (Lipinski definition) is 2. The van der Waals surface area contributed by atoms with Gasteiger partial charge in [0.05, 0.1) is 0 Å². The van der Waals surface area contributed by atoms with Crippen molar-refractivity contribution in [2.45, 2.75) is 39.5 Å². The highest BCUT2D eigenvalue weighted by Crippen LogP contribution is 2.40. The number of alkyl halides is 2. The molecule has 0 radical (unpaired) electrons.